The van der Waals surface area contributed by atoms with Crippen LogP contribution in [0.3, 0.4) is 0 Å². The van der Waals surface area contributed by atoms with E-state index in [0.717, 1.165) is 11.3 Å². The lowest BCUT2D eigenvalue weighted by atomic mass is 10.1. The fraction of sp³-hybridized carbons (Fsp3) is 0.294. The van der Waals surface area contributed by atoms with Crippen LogP contribution in [0.25, 0.3) is 0 Å². The monoisotopic (exact) mass is 378 g/mol. The normalized spacial score (nSPS) is 15.8. The molecule has 0 bridgehead atoms. The van der Waals surface area contributed by atoms with E-state index in [-0.39, 0.29) is 18.0 Å². The molecular weight excluding hydrogens is 359 g/mol. The number of aromatic nitrogens is 1. The summed E-state index contributed by atoms with van der Waals surface area (Å²) in [6.45, 7) is 2.36. The molecule has 26 heavy (non-hydrogen) atoms. The Morgan fingerprint density at radius 1 is 1.19 bits per heavy atom. The maximum atomic E-state index is 13.7. The van der Waals surface area contributed by atoms with Gasteiger partial charge in [-0.2, -0.15) is 4.39 Å². The van der Waals surface area contributed by atoms with Crippen LogP contribution in [-0.2, 0) is 17.8 Å². The summed E-state index contributed by atoms with van der Waals surface area (Å²) in [6, 6.07) is 10.6. The van der Waals surface area contributed by atoms with Crippen LogP contribution < -0.4 is 9.62 Å². The molecule has 1 unspecified atom stereocenters. The third-order valence-corrected chi connectivity index (χ3v) is 4.67. The van der Waals surface area contributed by atoms with Crippen LogP contribution in [0.4, 0.5) is 10.1 Å². The minimum Gasteiger partial charge on any atom is -0.368 e. The first-order chi connectivity index (χ1) is 12.6. The van der Waals surface area contributed by atoms with Gasteiger partial charge in [-0.1, -0.05) is 18.2 Å². The summed E-state index contributed by atoms with van der Waals surface area (Å²) in [6.07, 6.45) is 1.31. The molecule has 2 aromatic rings. The third-order valence-electron chi connectivity index (χ3n) is 4.27. The van der Waals surface area contributed by atoms with Crippen LogP contribution >= 0.6 is 0 Å². The molecule has 0 saturated carbocycles. The van der Waals surface area contributed by atoms with E-state index in [1.807, 2.05) is 24.3 Å². The maximum absolute atomic E-state index is 13.7. The number of benzene rings is 1. The standard InChI is InChI=1S/C17H19FN4O3S/c18-16-14(5-3-7-19-16)17(23)22-10-8-21(9-11-22)15-6-2-1-4-13(15)12-20-26(24)25/h1-7,20H,8-12H2,(H,24,25). The van der Waals surface area contributed by atoms with Gasteiger partial charge in [0.2, 0.25) is 17.2 Å². The van der Waals surface area contributed by atoms with E-state index >= 15 is 0 Å². The molecule has 1 atom stereocenters. The molecule has 2 N–H and O–H groups in total. The number of carbonyl (C=O) groups is 1. The molecule has 1 aromatic carbocycles. The second kappa shape index (κ2) is 8.35. The van der Waals surface area contributed by atoms with Crippen molar-refractivity contribution in [2.75, 3.05) is 31.1 Å². The fourth-order valence-corrected chi connectivity index (χ4v) is 3.25. The minimum absolute atomic E-state index is 0.0176. The lowest BCUT2D eigenvalue weighted by Gasteiger charge is -2.37. The number of nitrogens with zero attached hydrogens (tertiary/aromatic N) is 3. The number of hydrogen-bond donors (Lipinski definition) is 2. The van der Waals surface area contributed by atoms with Crippen molar-refractivity contribution in [3.05, 3.63) is 59.7 Å². The van der Waals surface area contributed by atoms with Crippen molar-refractivity contribution in [1.29, 1.82) is 0 Å². The summed E-state index contributed by atoms with van der Waals surface area (Å²) in [4.78, 5) is 19.7. The molecule has 1 fully saturated rings. The second-order valence-electron chi connectivity index (χ2n) is 5.82. The molecule has 1 amide bonds. The summed E-state index contributed by atoms with van der Waals surface area (Å²) in [5, 5.41) is 0. The first kappa shape index (κ1) is 18.4. The fourth-order valence-electron chi connectivity index (χ4n) is 2.97. The average Bonchev–Trinajstić information content (AvgIpc) is 2.66. The van der Waals surface area contributed by atoms with Crippen molar-refractivity contribution < 1.29 is 17.9 Å². The zero-order valence-electron chi connectivity index (χ0n) is 14.0. The van der Waals surface area contributed by atoms with E-state index in [2.05, 4.69) is 14.6 Å². The van der Waals surface area contributed by atoms with Gasteiger partial charge in [-0.25, -0.2) is 13.9 Å². The zero-order chi connectivity index (χ0) is 18.5. The van der Waals surface area contributed by atoms with Gasteiger partial charge in [0.15, 0.2) is 0 Å². The van der Waals surface area contributed by atoms with Crippen molar-refractivity contribution in [1.82, 2.24) is 14.6 Å². The number of halogens is 1. The second-order valence-corrected chi connectivity index (χ2v) is 6.61. The van der Waals surface area contributed by atoms with E-state index in [1.165, 1.54) is 12.3 Å². The Balaban J connectivity index is 1.67. The van der Waals surface area contributed by atoms with Gasteiger partial charge in [0, 0.05) is 44.6 Å². The van der Waals surface area contributed by atoms with E-state index < -0.39 is 17.2 Å². The van der Waals surface area contributed by atoms with Crippen LogP contribution in [0.15, 0.2) is 42.6 Å². The largest absolute Gasteiger partial charge is 0.368 e. The van der Waals surface area contributed by atoms with Crippen molar-refractivity contribution in [3.8, 4) is 0 Å². The Labute approximate surface area is 153 Å². The Bertz CT molecular complexity index is 812. The third kappa shape index (κ3) is 4.24. The number of amides is 1. The average molecular weight is 378 g/mol. The van der Waals surface area contributed by atoms with E-state index in [9.17, 15) is 13.4 Å². The summed E-state index contributed by atoms with van der Waals surface area (Å²) < 4.78 is 36.0. The summed E-state index contributed by atoms with van der Waals surface area (Å²) in [5.41, 5.74) is 1.83. The van der Waals surface area contributed by atoms with Crippen molar-refractivity contribution in [2.45, 2.75) is 6.54 Å². The topological polar surface area (TPSA) is 85.8 Å². The molecule has 2 heterocycles. The molecule has 3 rings (SSSR count). The number of piperazine rings is 1. The molecule has 0 aliphatic carbocycles. The molecule has 7 nitrogen and oxygen atoms in total. The molecule has 1 saturated heterocycles. The first-order valence-electron chi connectivity index (χ1n) is 8.13. The lowest BCUT2D eigenvalue weighted by molar-refractivity contribution is 0.0741. The number of para-hydroxylation sites is 1. The highest BCUT2D eigenvalue weighted by atomic mass is 32.2. The van der Waals surface area contributed by atoms with Crippen molar-refractivity contribution in [2.24, 2.45) is 0 Å². The molecular formula is C17H19FN4O3S. The van der Waals surface area contributed by atoms with Crippen molar-refractivity contribution in [3.63, 3.8) is 0 Å². The Morgan fingerprint density at radius 2 is 1.92 bits per heavy atom. The molecule has 1 aliphatic rings. The molecule has 0 spiro atoms. The Hall–Kier alpha value is -2.36. The number of carbonyl (C=O) groups excluding carboxylic acids is 1. The molecule has 1 aromatic heterocycles. The van der Waals surface area contributed by atoms with Crippen LogP contribution in [0.1, 0.15) is 15.9 Å². The predicted octanol–water partition coefficient (Wildman–Crippen LogP) is 1.41. The van der Waals surface area contributed by atoms with Crippen LogP contribution in [-0.4, -0.2) is 50.7 Å². The van der Waals surface area contributed by atoms with E-state index in [1.54, 1.807) is 11.0 Å². The Morgan fingerprint density at radius 3 is 2.62 bits per heavy atom. The number of nitrogens with one attached hydrogen (secondary N) is 1. The summed E-state index contributed by atoms with van der Waals surface area (Å²) >= 11 is -2.08. The summed E-state index contributed by atoms with van der Waals surface area (Å²) in [5.74, 6) is -1.12. The molecule has 1 aliphatic heterocycles. The zero-order valence-corrected chi connectivity index (χ0v) is 14.8. The Kier molecular flexibility index (Phi) is 5.92. The number of hydrogen-bond acceptors (Lipinski definition) is 4. The van der Waals surface area contributed by atoms with Gasteiger partial charge in [0.05, 0.1) is 5.56 Å². The number of rotatable bonds is 5. The van der Waals surface area contributed by atoms with Gasteiger partial charge in [0.1, 0.15) is 0 Å². The van der Waals surface area contributed by atoms with Crippen LogP contribution in [0.5, 0.6) is 0 Å². The van der Waals surface area contributed by atoms with Crippen molar-refractivity contribution >= 4 is 22.9 Å². The van der Waals surface area contributed by atoms with Gasteiger partial charge >= 0.3 is 0 Å². The smallest absolute Gasteiger partial charge is 0.258 e. The van der Waals surface area contributed by atoms with Gasteiger partial charge in [-0.15, -0.1) is 0 Å². The predicted molar refractivity (Wildman–Crippen MR) is 96.4 cm³/mol. The quantitative estimate of drug-likeness (QED) is 0.607. The van der Waals surface area contributed by atoms with Gasteiger partial charge < -0.3 is 9.80 Å². The first-order valence-corrected chi connectivity index (χ1v) is 9.24. The maximum Gasteiger partial charge on any atom is 0.258 e. The molecule has 138 valence electrons. The van der Waals surface area contributed by atoms with E-state index in [4.69, 9.17) is 4.55 Å². The minimum atomic E-state index is -2.08. The highest BCUT2D eigenvalue weighted by Gasteiger charge is 2.25. The molecule has 0 radical (unpaired) electrons. The number of anilines is 1. The van der Waals surface area contributed by atoms with Crippen LogP contribution in [0.2, 0.25) is 0 Å². The number of pyridine rings is 1. The van der Waals surface area contributed by atoms with Gasteiger partial charge in [-0.3, -0.25) is 9.35 Å². The SMILES string of the molecule is O=C(c1cccnc1F)N1CCN(c2ccccc2CNS(=O)O)CC1. The lowest BCUT2D eigenvalue weighted by Crippen LogP contribution is -2.49. The highest BCUT2D eigenvalue weighted by Crippen LogP contribution is 2.22. The van der Waals surface area contributed by atoms with Gasteiger partial charge in [-0.05, 0) is 23.8 Å². The molecule has 9 heteroatoms. The summed E-state index contributed by atoms with van der Waals surface area (Å²) in [7, 11) is 0. The highest BCUT2D eigenvalue weighted by molar-refractivity contribution is 7.77. The van der Waals surface area contributed by atoms with Crippen LogP contribution in [0, 0.1) is 5.95 Å². The van der Waals surface area contributed by atoms with Gasteiger partial charge in [0.25, 0.3) is 5.91 Å². The van der Waals surface area contributed by atoms with E-state index in [0.29, 0.717) is 26.2 Å².